The van der Waals surface area contributed by atoms with E-state index in [1.807, 2.05) is 0 Å². The number of hydrogen-bond acceptors (Lipinski definition) is 3. The molecule has 4 nitrogen and oxygen atoms in total. The Kier molecular flexibility index (Phi) is 2.22. The van der Waals surface area contributed by atoms with Gasteiger partial charge in [0, 0.05) is 6.07 Å². The molecular formula is C6H6O4Si. The topological polar surface area (TPSA) is 66.8 Å². The van der Waals surface area contributed by atoms with Gasteiger partial charge in [0.1, 0.15) is 11.5 Å². The predicted molar refractivity (Wildman–Crippen MR) is 37.4 cm³/mol. The van der Waals surface area contributed by atoms with Crippen LogP contribution in [0.1, 0.15) is 0 Å². The van der Waals surface area contributed by atoms with Crippen LogP contribution in [0, 0.1) is 0 Å². The number of phenols is 1. The molecule has 1 aromatic rings. The Balaban J connectivity index is 2.79. The smallest absolute Gasteiger partial charge is 0.511 e. The zero-order valence-electron chi connectivity index (χ0n) is 5.52. The van der Waals surface area contributed by atoms with Crippen molar-refractivity contribution in [1.82, 2.24) is 0 Å². The average molecular weight is 170 g/mol. The standard InChI is InChI=1S/C6H6O4Si/c7-5-2-1-3-6(4-5)10-11(8)9/h1-4,7-8H. The lowest BCUT2D eigenvalue weighted by molar-refractivity contribution is 0.337. The first kappa shape index (κ1) is 7.74. The summed E-state index contributed by atoms with van der Waals surface area (Å²) >= 11 is 0. The van der Waals surface area contributed by atoms with Gasteiger partial charge in [-0.3, -0.25) is 4.46 Å². The molecule has 0 unspecified atom stereocenters. The van der Waals surface area contributed by atoms with Gasteiger partial charge in [-0.2, -0.15) is 0 Å². The Hall–Kier alpha value is -1.36. The van der Waals surface area contributed by atoms with Gasteiger partial charge in [-0.15, -0.1) is 0 Å². The molecule has 1 aromatic carbocycles. The molecule has 0 spiro atoms. The van der Waals surface area contributed by atoms with Crippen molar-refractivity contribution in [3.8, 4) is 11.5 Å². The number of aromatic hydroxyl groups is 1. The number of phenolic OH excluding ortho intramolecular Hbond substituents is 1. The van der Waals surface area contributed by atoms with E-state index in [1.165, 1.54) is 24.3 Å². The summed E-state index contributed by atoms with van der Waals surface area (Å²) in [7, 11) is -2.96. The van der Waals surface area contributed by atoms with E-state index < -0.39 is 9.17 Å². The fourth-order valence-electron chi connectivity index (χ4n) is 0.648. The molecule has 1 rings (SSSR count). The Morgan fingerprint density at radius 2 is 2.18 bits per heavy atom. The first-order valence-corrected chi connectivity index (χ1v) is 4.14. The van der Waals surface area contributed by atoms with Crippen LogP contribution in [0.3, 0.4) is 0 Å². The summed E-state index contributed by atoms with van der Waals surface area (Å²) in [5.74, 6) is 0.196. The van der Waals surface area contributed by atoms with Crippen LogP contribution in [0.25, 0.3) is 0 Å². The van der Waals surface area contributed by atoms with Crippen LogP contribution in [0.5, 0.6) is 11.5 Å². The van der Waals surface area contributed by atoms with E-state index in [0.29, 0.717) is 0 Å². The minimum atomic E-state index is -2.96. The minimum absolute atomic E-state index is 0.00532. The van der Waals surface area contributed by atoms with Crippen LogP contribution >= 0.6 is 0 Å². The van der Waals surface area contributed by atoms with Gasteiger partial charge in [-0.05, 0) is 12.1 Å². The van der Waals surface area contributed by atoms with Crippen LogP contribution in [-0.4, -0.2) is 19.1 Å². The molecule has 0 aliphatic heterocycles. The molecule has 5 heteroatoms. The molecular weight excluding hydrogens is 164 g/mol. The van der Waals surface area contributed by atoms with E-state index in [-0.39, 0.29) is 11.5 Å². The van der Waals surface area contributed by atoms with E-state index in [0.717, 1.165) is 0 Å². The van der Waals surface area contributed by atoms with E-state index >= 15 is 0 Å². The van der Waals surface area contributed by atoms with Gasteiger partial charge in [-0.1, -0.05) is 6.07 Å². The maximum Gasteiger partial charge on any atom is 0.770 e. The third-order valence-electron chi connectivity index (χ3n) is 1.02. The highest BCUT2D eigenvalue weighted by Crippen LogP contribution is 2.16. The van der Waals surface area contributed by atoms with Crippen LogP contribution in [0.4, 0.5) is 0 Å². The van der Waals surface area contributed by atoms with Crippen molar-refractivity contribution >= 4 is 9.17 Å². The quantitative estimate of drug-likeness (QED) is 0.621. The van der Waals surface area contributed by atoms with Gasteiger partial charge in [0.2, 0.25) is 0 Å². The second kappa shape index (κ2) is 3.15. The first-order valence-electron chi connectivity index (χ1n) is 2.88. The summed E-state index contributed by atoms with van der Waals surface area (Å²) < 4.78 is 14.6. The molecule has 0 heterocycles. The molecule has 0 aliphatic rings. The fourth-order valence-corrected chi connectivity index (χ4v) is 0.976. The number of benzene rings is 1. The lowest BCUT2D eigenvalue weighted by Crippen LogP contribution is -2.08. The van der Waals surface area contributed by atoms with Crippen molar-refractivity contribution in [2.75, 3.05) is 0 Å². The van der Waals surface area contributed by atoms with Crippen molar-refractivity contribution in [3.05, 3.63) is 24.3 Å². The summed E-state index contributed by atoms with van der Waals surface area (Å²) in [6, 6.07) is 5.72. The van der Waals surface area contributed by atoms with Crippen LogP contribution in [0.15, 0.2) is 24.3 Å². The lowest BCUT2D eigenvalue weighted by Gasteiger charge is -1.98. The summed E-state index contributed by atoms with van der Waals surface area (Å²) in [6.45, 7) is 0. The Morgan fingerprint density at radius 1 is 1.45 bits per heavy atom. The molecule has 0 fully saturated rings. The van der Waals surface area contributed by atoms with E-state index in [9.17, 15) is 4.46 Å². The number of rotatable bonds is 2. The SMILES string of the molecule is O=[Si](O)Oc1cccc(O)c1. The molecule has 58 valence electrons. The Bertz CT molecular complexity index is 273. The van der Waals surface area contributed by atoms with Crippen LogP contribution in [-0.2, 0) is 4.46 Å². The fraction of sp³-hybridized carbons (Fsp3) is 0. The highest BCUT2D eigenvalue weighted by Gasteiger charge is 2.05. The van der Waals surface area contributed by atoms with Crippen molar-refractivity contribution in [2.45, 2.75) is 0 Å². The molecule has 0 radical (unpaired) electrons. The van der Waals surface area contributed by atoms with Crippen molar-refractivity contribution in [1.29, 1.82) is 0 Å². The maximum atomic E-state index is 10.2. The van der Waals surface area contributed by atoms with Gasteiger partial charge in [0.05, 0.1) is 0 Å². The molecule has 0 aromatic heterocycles. The average Bonchev–Trinajstić information content (AvgIpc) is 1.85. The number of hydrogen-bond donors (Lipinski definition) is 2. The summed E-state index contributed by atoms with van der Waals surface area (Å²) in [6.07, 6.45) is 0. The van der Waals surface area contributed by atoms with E-state index in [2.05, 4.69) is 4.43 Å². The van der Waals surface area contributed by atoms with Crippen molar-refractivity contribution in [3.63, 3.8) is 0 Å². The maximum absolute atomic E-state index is 10.2. The predicted octanol–water partition coefficient (Wildman–Crippen LogP) is 0.179. The van der Waals surface area contributed by atoms with Gasteiger partial charge < -0.3 is 14.3 Å². The summed E-state index contributed by atoms with van der Waals surface area (Å²) in [5, 5.41) is 8.87. The second-order valence-electron chi connectivity index (χ2n) is 1.87. The van der Waals surface area contributed by atoms with Gasteiger partial charge in [-0.25, -0.2) is 0 Å². The largest absolute Gasteiger partial charge is 0.770 e. The van der Waals surface area contributed by atoms with Gasteiger partial charge in [0.15, 0.2) is 0 Å². The Labute approximate surface area is 64.6 Å². The van der Waals surface area contributed by atoms with E-state index in [4.69, 9.17) is 9.90 Å². The van der Waals surface area contributed by atoms with Crippen LogP contribution < -0.4 is 4.43 Å². The second-order valence-corrected chi connectivity index (χ2v) is 2.60. The third kappa shape index (κ3) is 2.38. The minimum Gasteiger partial charge on any atom is -0.511 e. The van der Waals surface area contributed by atoms with E-state index in [1.54, 1.807) is 0 Å². The molecule has 0 atom stereocenters. The van der Waals surface area contributed by atoms with Gasteiger partial charge >= 0.3 is 9.17 Å². The summed E-state index contributed by atoms with van der Waals surface area (Å²) in [4.78, 5) is 8.34. The first-order chi connectivity index (χ1) is 5.18. The zero-order chi connectivity index (χ0) is 8.27. The molecule has 0 saturated carbocycles. The van der Waals surface area contributed by atoms with Crippen LogP contribution in [0.2, 0.25) is 0 Å². The van der Waals surface area contributed by atoms with Gasteiger partial charge in [0.25, 0.3) is 0 Å². The molecule has 0 saturated heterocycles. The van der Waals surface area contributed by atoms with Crippen molar-refractivity contribution < 1.29 is 18.8 Å². The molecule has 11 heavy (non-hydrogen) atoms. The third-order valence-corrected chi connectivity index (χ3v) is 1.43. The monoisotopic (exact) mass is 170 g/mol. The molecule has 2 N–H and O–H groups in total. The molecule has 0 aliphatic carbocycles. The normalized spacial score (nSPS) is 9.09. The molecule has 0 bridgehead atoms. The van der Waals surface area contributed by atoms with Crippen molar-refractivity contribution in [2.24, 2.45) is 0 Å². The zero-order valence-corrected chi connectivity index (χ0v) is 6.52. The highest BCUT2D eigenvalue weighted by atomic mass is 28.3. The highest BCUT2D eigenvalue weighted by molar-refractivity contribution is 6.25. The summed E-state index contributed by atoms with van der Waals surface area (Å²) in [5.41, 5.74) is 0. The Morgan fingerprint density at radius 3 is 2.73 bits per heavy atom. The lowest BCUT2D eigenvalue weighted by atomic mass is 10.3. The molecule has 0 amide bonds.